The van der Waals surface area contributed by atoms with E-state index in [0.29, 0.717) is 52.6 Å². The molecule has 0 spiro atoms. The van der Waals surface area contributed by atoms with Crippen LogP contribution in [0.15, 0.2) is 50.2 Å². The topological polar surface area (TPSA) is 92.3 Å². The zero-order valence-corrected chi connectivity index (χ0v) is 18.2. The number of ether oxygens (including phenoxy) is 2. The molecule has 0 aliphatic heterocycles. The summed E-state index contributed by atoms with van der Waals surface area (Å²) in [6.45, 7) is 3.41. The number of hydrogen-bond acceptors (Lipinski definition) is 9. The minimum atomic E-state index is -0.0600. The highest BCUT2D eigenvalue weighted by molar-refractivity contribution is 7.98. The Labute approximate surface area is 180 Å². The molecule has 3 heterocycles. The summed E-state index contributed by atoms with van der Waals surface area (Å²) in [5.41, 5.74) is 1.48. The van der Waals surface area contributed by atoms with Gasteiger partial charge in [0.1, 0.15) is 10.4 Å². The fourth-order valence-corrected chi connectivity index (χ4v) is 4.48. The summed E-state index contributed by atoms with van der Waals surface area (Å²) in [5, 5.41) is 6.53. The van der Waals surface area contributed by atoms with E-state index in [-0.39, 0.29) is 5.56 Å². The molecule has 0 amide bonds. The van der Waals surface area contributed by atoms with Crippen LogP contribution in [0.1, 0.15) is 12.8 Å². The molecule has 0 radical (unpaired) electrons. The lowest BCUT2D eigenvalue weighted by atomic mass is 10.2. The van der Waals surface area contributed by atoms with Gasteiger partial charge in [-0.1, -0.05) is 16.9 Å². The maximum atomic E-state index is 12.8. The third-order valence-electron chi connectivity index (χ3n) is 4.27. The highest BCUT2D eigenvalue weighted by Gasteiger charge is 2.15. The number of fused-ring (bicyclic) bond motifs is 1. The van der Waals surface area contributed by atoms with Crippen molar-refractivity contribution in [1.29, 1.82) is 0 Å². The molecule has 30 heavy (non-hydrogen) atoms. The van der Waals surface area contributed by atoms with Crippen molar-refractivity contribution in [2.75, 3.05) is 20.3 Å². The van der Waals surface area contributed by atoms with Crippen LogP contribution in [0.25, 0.3) is 21.6 Å². The van der Waals surface area contributed by atoms with Gasteiger partial charge in [-0.2, -0.15) is 4.98 Å². The molecule has 10 heteroatoms. The Balaban J connectivity index is 1.52. The molecule has 0 atom stereocenters. The second kappa shape index (κ2) is 9.41. The number of thiophene rings is 1. The van der Waals surface area contributed by atoms with E-state index in [9.17, 15) is 4.79 Å². The van der Waals surface area contributed by atoms with E-state index in [1.54, 1.807) is 11.7 Å². The minimum absolute atomic E-state index is 0.0600. The summed E-state index contributed by atoms with van der Waals surface area (Å²) >= 11 is 2.78. The maximum absolute atomic E-state index is 12.8. The van der Waals surface area contributed by atoms with Crippen LogP contribution < -0.4 is 10.3 Å². The zero-order valence-electron chi connectivity index (χ0n) is 16.5. The van der Waals surface area contributed by atoms with Gasteiger partial charge in [0.25, 0.3) is 5.56 Å². The Morgan fingerprint density at radius 2 is 2.03 bits per heavy atom. The van der Waals surface area contributed by atoms with Crippen molar-refractivity contribution in [3.8, 4) is 17.1 Å². The average Bonchev–Trinajstić information content (AvgIpc) is 3.42. The smallest absolute Gasteiger partial charge is 0.272 e. The summed E-state index contributed by atoms with van der Waals surface area (Å²) in [6, 6.07) is 9.38. The van der Waals surface area contributed by atoms with Gasteiger partial charge in [0.2, 0.25) is 11.7 Å². The standard InChI is InChI=1S/C20H20N4O4S2/c1-3-27-14-6-4-13(5-7-14)18-22-16(28-23-18)12-30-20-21-15-8-11-29-17(15)19(25)24(20)9-10-26-2/h4-8,11H,3,9-10,12H2,1-2H3. The maximum Gasteiger partial charge on any atom is 0.272 e. The number of benzene rings is 1. The third-order valence-corrected chi connectivity index (χ3v) is 6.12. The number of nitrogens with zero attached hydrogens (tertiary/aromatic N) is 4. The molecule has 156 valence electrons. The van der Waals surface area contributed by atoms with Crippen LogP contribution >= 0.6 is 23.1 Å². The number of rotatable bonds is 9. The molecular weight excluding hydrogens is 424 g/mol. The number of thioether (sulfide) groups is 1. The Morgan fingerprint density at radius 1 is 1.20 bits per heavy atom. The van der Waals surface area contributed by atoms with Crippen LogP contribution in [0.2, 0.25) is 0 Å². The van der Waals surface area contributed by atoms with Crippen molar-refractivity contribution in [2.45, 2.75) is 24.4 Å². The van der Waals surface area contributed by atoms with Crippen molar-refractivity contribution in [3.05, 3.63) is 52.0 Å². The molecule has 0 aliphatic carbocycles. The fraction of sp³-hybridized carbons (Fsp3) is 0.300. The van der Waals surface area contributed by atoms with Gasteiger partial charge in [-0.15, -0.1) is 11.3 Å². The normalized spacial score (nSPS) is 11.3. The summed E-state index contributed by atoms with van der Waals surface area (Å²) in [4.78, 5) is 21.9. The lowest BCUT2D eigenvalue weighted by molar-refractivity contribution is 0.183. The third kappa shape index (κ3) is 4.40. The molecular formula is C20H20N4O4S2. The largest absolute Gasteiger partial charge is 0.494 e. The van der Waals surface area contributed by atoms with Gasteiger partial charge < -0.3 is 14.0 Å². The van der Waals surface area contributed by atoms with Crippen molar-refractivity contribution in [1.82, 2.24) is 19.7 Å². The fourth-order valence-electron chi connectivity index (χ4n) is 2.84. The molecule has 3 aromatic heterocycles. The van der Waals surface area contributed by atoms with Gasteiger partial charge in [0, 0.05) is 12.7 Å². The molecule has 0 aliphatic rings. The average molecular weight is 445 g/mol. The predicted molar refractivity (Wildman–Crippen MR) is 116 cm³/mol. The molecule has 0 saturated heterocycles. The Morgan fingerprint density at radius 3 is 2.80 bits per heavy atom. The van der Waals surface area contributed by atoms with Crippen LogP contribution in [0.5, 0.6) is 5.75 Å². The first kappa shape index (κ1) is 20.6. The van der Waals surface area contributed by atoms with Crippen LogP contribution in [0.3, 0.4) is 0 Å². The van der Waals surface area contributed by atoms with Gasteiger partial charge >= 0.3 is 0 Å². The minimum Gasteiger partial charge on any atom is -0.494 e. The van der Waals surface area contributed by atoms with Gasteiger partial charge in [0.05, 0.1) is 31.0 Å². The van der Waals surface area contributed by atoms with Crippen LogP contribution in [-0.2, 0) is 17.0 Å². The first-order valence-electron chi connectivity index (χ1n) is 9.35. The lowest BCUT2D eigenvalue weighted by Gasteiger charge is -2.10. The quantitative estimate of drug-likeness (QED) is 0.284. The van der Waals surface area contributed by atoms with Crippen molar-refractivity contribution in [2.24, 2.45) is 0 Å². The Bertz CT molecular complexity index is 1180. The predicted octanol–water partition coefficient (Wildman–Crippen LogP) is 3.85. The molecule has 4 rings (SSSR count). The van der Waals surface area contributed by atoms with E-state index < -0.39 is 0 Å². The van der Waals surface area contributed by atoms with E-state index >= 15 is 0 Å². The van der Waals surface area contributed by atoms with Gasteiger partial charge in [-0.3, -0.25) is 9.36 Å². The number of aromatic nitrogens is 4. The van der Waals surface area contributed by atoms with Crippen LogP contribution in [-0.4, -0.2) is 40.0 Å². The van der Waals surface area contributed by atoms with E-state index in [4.69, 9.17) is 14.0 Å². The molecule has 0 N–H and O–H groups in total. The van der Waals surface area contributed by atoms with Crippen LogP contribution in [0.4, 0.5) is 0 Å². The zero-order chi connectivity index (χ0) is 20.9. The summed E-state index contributed by atoms with van der Waals surface area (Å²) in [6.07, 6.45) is 0. The van der Waals surface area contributed by atoms with E-state index in [0.717, 1.165) is 11.3 Å². The van der Waals surface area contributed by atoms with Crippen molar-refractivity contribution in [3.63, 3.8) is 0 Å². The highest BCUT2D eigenvalue weighted by Crippen LogP contribution is 2.25. The first-order valence-corrected chi connectivity index (χ1v) is 11.2. The lowest BCUT2D eigenvalue weighted by Crippen LogP contribution is -2.24. The molecule has 0 fully saturated rings. The number of methoxy groups -OCH3 is 1. The van der Waals surface area contributed by atoms with E-state index in [2.05, 4.69) is 15.1 Å². The second-order valence-electron chi connectivity index (χ2n) is 6.24. The van der Waals surface area contributed by atoms with Crippen LogP contribution in [0, 0.1) is 0 Å². The summed E-state index contributed by atoms with van der Waals surface area (Å²) in [5.74, 6) is 2.16. The Hall–Kier alpha value is -2.69. The molecule has 8 nitrogen and oxygen atoms in total. The highest BCUT2D eigenvalue weighted by atomic mass is 32.2. The Kier molecular flexibility index (Phi) is 6.46. The SMILES string of the molecule is CCOc1ccc(-c2noc(CSc3nc4ccsc4c(=O)n3CCOC)n2)cc1. The molecule has 0 saturated carbocycles. The van der Waals surface area contributed by atoms with Gasteiger partial charge in [-0.05, 0) is 42.6 Å². The van der Waals surface area contributed by atoms with Gasteiger partial charge in [-0.25, -0.2) is 4.98 Å². The molecule has 1 aromatic carbocycles. The second-order valence-corrected chi connectivity index (χ2v) is 8.10. The summed E-state index contributed by atoms with van der Waals surface area (Å²) in [7, 11) is 1.61. The van der Waals surface area contributed by atoms with Crippen molar-refractivity contribution < 1.29 is 14.0 Å². The van der Waals surface area contributed by atoms with Crippen molar-refractivity contribution >= 4 is 33.3 Å². The van der Waals surface area contributed by atoms with E-state index in [1.807, 2.05) is 42.6 Å². The summed E-state index contributed by atoms with van der Waals surface area (Å²) < 4.78 is 18.3. The first-order chi connectivity index (χ1) is 14.7. The monoisotopic (exact) mass is 444 g/mol. The number of hydrogen-bond donors (Lipinski definition) is 0. The molecule has 4 aromatic rings. The molecule has 0 unspecified atom stereocenters. The molecule has 0 bridgehead atoms. The van der Waals surface area contributed by atoms with E-state index in [1.165, 1.54) is 23.1 Å². The van der Waals surface area contributed by atoms with Gasteiger partial charge in [0.15, 0.2) is 5.16 Å².